The van der Waals surface area contributed by atoms with Gasteiger partial charge < -0.3 is 18.9 Å². The summed E-state index contributed by atoms with van der Waals surface area (Å²) in [5.74, 6) is 0. The van der Waals surface area contributed by atoms with Gasteiger partial charge in [0.25, 0.3) is 0 Å². The second-order valence-corrected chi connectivity index (χ2v) is 6.39. The first-order chi connectivity index (χ1) is 10.3. The fourth-order valence-corrected chi connectivity index (χ4v) is 2.90. The van der Waals surface area contributed by atoms with Gasteiger partial charge in [-0.1, -0.05) is 13.3 Å². The molecule has 122 valence electrons. The first-order valence-corrected chi connectivity index (χ1v) is 9.04. The maximum absolute atomic E-state index is 5.52. The van der Waals surface area contributed by atoms with Gasteiger partial charge in [0.2, 0.25) is 0 Å². The fraction of sp³-hybridized carbons (Fsp3) is 0.733. The van der Waals surface area contributed by atoms with Crippen LogP contribution in [0.4, 0.5) is 0 Å². The Labute approximate surface area is 139 Å². The molecule has 1 heterocycles. The SMILES string of the molecule is CCCCOCCOCCOCCOCc1cc(Br)cs1. The Bertz CT molecular complexity index is 346. The minimum Gasteiger partial charge on any atom is -0.379 e. The molecule has 0 aliphatic carbocycles. The van der Waals surface area contributed by atoms with E-state index in [4.69, 9.17) is 18.9 Å². The molecule has 0 amide bonds. The largest absolute Gasteiger partial charge is 0.379 e. The molecule has 0 atom stereocenters. The van der Waals surface area contributed by atoms with Crippen molar-refractivity contribution >= 4 is 27.3 Å². The summed E-state index contributed by atoms with van der Waals surface area (Å²) in [5.41, 5.74) is 0. The molecule has 0 saturated heterocycles. The first kappa shape index (κ1) is 19.1. The Kier molecular flexibility index (Phi) is 12.4. The average Bonchev–Trinajstić information content (AvgIpc) is 2.89. The van der Waals surface area contributed by atoms with Crippen molar-refractivity contribution in [3.8, 4) is 0 Å². The van der Waals surface area contributed by atoms with E-state index in [0.717, 1.165) is 17.5 Å². The summed E-state index contributed by atoms with van der Waals surface area (Å²) < 4.78 is 22.8. The van der Waals surface area contributed by atoms with Crippen LogP contribution < -0.4 is 0 Å². The highest BCUT2D eigenvalue weighted by Crippen LogP contribution is 2.20. The van der Waals surface area contributed by atoms with E-state index in [-0.39, 0.29) is 0 Å². The monoisotopic (exact) mass is 380 g/mol. The summed E-state index contributed by atoms with van der Waals surface area (Å²) in [7, 11) is 0. The number of rotatable bonds is 14. The molecule has 0 spiro atoms. The molecular weight excluding hydrogens is 356 g/mol. The lowest BCUT2D eigenvalue weighted by molar-refractivity contribution is -0.00403. The van der Waals surface area contributed by atoms with Gasteiger partial charge in [0.1, 0.15) is 0 Å². The first-order valence-electron chi connectivity index (χ1n) is 7.36. The molecule has 6 heteroatoms. The summed E-state index contributed by atoms with van der Waals surface area (Å²) in [6.45, 7) is 7.34. The summed E-state index contributed by atoms with van der Waals surface area (Å²) >= 11 is 5.11. The molecule has 0 N–H and O–H groups in total. The molecule has 0 unspecified atom stereocenters. The highest BCUT2D eigenvalue weighted by Gasteiger charge is 1.97. The van der Waals surface area contributed by atoms with Gasteiger partial charge in [-0.15, -0.1) is 11.3 Å². The van der Waals surface area contributed by atoms with E-state index in [1.807, 2.05) is 0 Å². The fourth-order valence-electron chi connectivity index (χ4n) is 1.51. The minimum absolute atomic E-state index is 0.600. The highest BCUT2D eigenvalue weighted by atomic mass is 79.9. The number of unbranched alkanes of at least 4 members (excludes halogenated alkanes) is 1. The van der Waals surface area contributed by atoms with Crippen molar-refractivity contribution in [3.05, 3.63) is 20.8 Å². The predicted octanol–water partition coefficient (Wildman–Crippen LogP) is 3.88. The van der Waals surface area contributed by atoms with E-state index in [2.05, 4.69) is 34.3 Å². The van der Waals surface area contributed by atoms with Crippen LogP contribution in [0.15, 0.2) is 15.9 Å². The zero-order chi connectivity index (χ0) is 15.2. The molecule has 1 aromatic heterocycles. The van der Waals surface area contributed by atoms with Gasteiger partial charge in [-0.2, -0.15) is 0 Å². The van der Waals surface area contributed by atoms with Crippen LogP contribution in [0.1, 0.15) is 24.6 Å². The van der Waals surface area contributed by atoms with Crippen molar-refractivity contribution in [2.45, 2.75) is 26.4 Å². The smallest absolute Gasteiger partial charge is 0.0810 e. The van der Waals surface area contributed by atoms with Crippen molar-refractivity contribution in [2.75, 3.05) is 46.2 Å². The highest BCUT2D eigenvalue weighted by molar-refractivity contribution is 9.10. The van der Waals surface area contributed by atoms with Crippen LogP contribution in [0.5, 0.6) is 0 Å². The lowest BCUT2D eigenvalue weighted by Crippen LogP contribution is -2.12. The Morgan fingerprint density at radius 3 is 2.00 bits per heavy atom. The Morgan fingerprint density at radius 2 is 1.48 bits per heavy atom. The zero-order valence-electron chi connectivity index (χ0n) is 12.6. The lowest BCUT2D eigenvalue weighted by Gasteiger charge is -2.07. The molecule has 1 aromatic rings. The quantitative estimate of drug-likeness (QED) is 0.459. The molecule has 0 aromatic carbocycles. The van der Waals surface area contributed by atoms with Crippen LogP contribution in [-0.4, -0.2) is 46.2 Å². The summed E-state index contributed by atoms with van der Waals surface area (Å²) in [5, 5.41) is 2.05. The van der Waals surface area contributed by atoms with Crippen molar-refractivity contribution in [1.29, 1.82) is 0 Å². The second-order valence-electron chi connectivity index (χ2n) is 4.47. The van der Waals surface area contributed by atoms with E-state index in [1.54, 1.807) is 11.3 Å². The molecule has 0 aliphatic rings. The molecule has 0 saturated carbocycles. The van der Waals surface area contributed by atoms with Crippen LogP contribution in [0.25, 0.3) is 0 Å². The van der Waals surface area contributed by atoms with Gasteiger partial charge in [0.15, 0.2) is 0 Å². The number of hydrogen-bond donors (Lipinski definition) is 0. The predicted molar refractivity (Wildman–Crippen MR) is 89.0 cm³/mol. The number of halogens is 1. The standard InChI is InChI=1S/C15H25BrO4S/c1-2-3-4-17-5-6-18-7-8-19-9-10-20-12-15-11-14(16)13-21-15/h11,13H,2-10,12H2,1H3. The third-order valence-electron chi connectivity index (χ3n) is 2.62. The number of hydrogen-bond acceptors (Lipinski definition) is 5. The lowest BCUT2D eigenvalue weighted by atomic mass is 10.4. The van der Waals surface area contributed by atoms with E-state index >= 15 is 0 Å². The van der Waals surface area contributed by atoms with Crippen LogP contribution in [0.3, 0.4) is 0 Å². The van der Waals surface area contributed by atoms with E-state index in [1.165, 1.54) is 11.3 Å². The van der Waals surface area contributed by atoms with Crippen LogP contribution in [0, 0.1) is 0 Å². The van der Waals surface area contributed by atoms with Gasteiger partial charge >= 0.3 is 0 Å². The van der Waals surface area contributed by atoms with Gasteiger partial charge in [0.05, 0.1) is 46.2 Å². The second kappa shape index (κ2) is 13.7. The molecule has 0 aliphatic heterocycles. The molecule has 1 rings (SSSR count). The molecule has 4 nitrogen and oxygen atoms in total. The van der Waals surface area contributed by atoms with E-state index in [9.17, 15) is 0 Å². The maximum Gasteiger partial charge on any atom is 0.0810 e. The number of thiophene rings is 1. The number of ether oxygens (including phenoxy) is 4. The van der Waals surface area contributed by atoms with Crippen LogP contribution in [0.2, 0.25) is 0 Å². The molecule has 21 heavy (non-hydrogen) atoms. The third kappa shape index (κ3) is 11.3. The van der Waals surface area contributed by atoms with Gasteiger partial charge in [-0.3, -0.25) is 0 Å². The minimum atomic E-state index is 0.600. The van der Waals surface area contributed by atoms with E-state index < -0.39 is 0 Å². The Hall–Kier alpha value is 0.0200. The topological polar surface area (TPSA) is 36.9 Å². The van der Waals surface area contributed by atoms with Crippen LogP contribution >= 0.6 is 27.3 Å². The zero-order valence-corrected chi connectivity index (χ0v) is 15.0. The van der Waals surface area contributed by atoms with Crippen molar-refractivity contribution in [1.82, 2.24) is 0 Å². The van der Waals surface area contributed by atoms with Crippen molar-refractivity contribution in [3.63, 3.8) is 0 Å². The maximum atomic E-state index is 5.52. The van der Waals surface area contributed by atoms with Crippen LogP contribution in [-0.2, 0) is 25.6 Å². The Balaban J connectivity index is 1.74. The Morgan fingerprint density at radius 1 is 0.905 bits per heavy atom. The molecule has 0 bridgehead atoms. The van der Waals surface area contributed by atoms with Gasteiger partial charge in [0, 0.05) is 21.3 Å². The van der Waals surface area contributed by atoms with Crippen molar-refractivity contribution < 1.29 is 18.9 Å². The molecular formula is C15H25BrO4S. The summed E-state index contributed by atoms with van der Waals surface area (Å²) in [6, 6.07) is 2.07. The summed E-state index contributed by atoms with van der Waals surface area (Å²) in [6.07, 6.45) is 2.28. The third-order valence-corrected chi connectivity index (χ3v) is 4.30. The summed E-state index contributed by atoms with van der Waals surface area (Å²) in [4.78, 5) is 1.22. The molecule has 0 fully saturated rings. The van der Waals surface area contributed by atoms with Gasteiger partial charge in [-0.05, 0) is 28.4 Å². The van der Waals surface area contributed by atoms with Crippen molar-refractivity contribution in [2.24, 2.45) is 0 Å². The average molecular weight is 381 g/mol. The van der Waals surface area contributed by atoms with E-state index in [0.29, 0.717) is 46.2 Å². The molecule has 0 radical (unpaired) electrons. The normalized spacial score (nSPS) is 11.1. The van der Waals surface area contributed by atoms with Gasteiger partial charge in [-0.25, -0.2) is 0 Å².